The molecular weight excluding hydrogens is 1600 g/mol. The Labute approximate surface area is 701 Å². The number of hydrogen-bond acceptors (Lipinski definition) is 27. The van der Waals surface area contributed by atoms with Crippen LogP contribution in [-0.2, 0) is 71.4 Å². The van der Waals surface area contributed by atoms with Crippen molar-refractivity contribution in [3.05, 3.63) is 146 Å². The molecule has 0 bridgehead atoms. The fraction of sp³-hybridized carbons (Fsp3) is 0.481. The van der Waals surface area contributed by atoms with Crippen molar-refractivity contribution < 1.29 is 101 Å². The molecule has 9 fully saturated rings. The van der Waals surface area contributed by atoms with Crippen LogP contribution in [0.25, 0.3) is 33.5 Å². The van der Waals surface area contributed by atoms with Crippen LogP contribution in [0.1, 0.15) is 139 Å². The van der Waals surface area contributed by atoms with Crippen LogP contribution in [0.15, 0.2) is 129 Å². The lowest BCUT2D eigenvalue weighted by molar-refractivity contribution is -0.161. The number of amides is 9. The Kier molecular flexibility index (Phi) is 25.7. The Morgan fingerprint density at radius 1 is 0.374 bits per heavy atom. The SMILES string of the molecule is CCNC(=O)Nc1ncnc2c1ncn2C1OC(CC(=O)N2CCCC[C@H]2C(=O)O)C2O[C@H](c3ccccc3)OC21.CCNC(=O)Nc1ncnc2c1ncn2C1OC(CC(=O)N2CCC[C@H](C(=O)O)C2)C2O[C@H](c3ccccc3)OC21.CCNC(=O)Nc1ncnc2c1ncn2C1OC(CC(=O)N2CCC[C@H](C(=O)O)C2)C2O[C@H](c3ccccc3)OC21. The summed E-state index contributed by atoms with van der Waals surface area (Å²) in [6, 6.07) is 26.3. The third kappa shape index (κ3) is 18.1. The van der Waals surface area contributed by atoms with E-state index < -0.39 is 146 Å². The molecule has 15 heterocycles. The van der Waals surface area contributed by atoms with Crippen LogP contribution >= 0.6 is 0 Å². The van der Waals surface area contributed by atoms with E-state index in [-0.39, 0.29) is 67.5 Å². The number of hydrogen-bond donors (Lipinski definition) is 9. The molecule has 12 unspecified atom stereocenters. The molecular formula is C81H93N21O21. The fourth-order valence-electron chi connectivity index (χ4n) is 17.0. The largest absolute Gasteiger partial charge is 0.481 e. The molecule has 0 saturated carbocycles. The summed E-state index contributed by atoms with van der Waals surface area (Å²) in [5.74, 6) is -3.94. The predicted octanol–water partition coefficient (Wildman–Crippen LogP) is 6.33. The molecule has 648 valence electrons. The van der Waals surface area contributed by atoms with Crippen molar-refractivity contribution in [3.8, 4) is 0 Å². The van der Waals surface area contributed by atoms with E-state index in [1.807, 2.05) is 91.0 Å². The number of carboxylic acid groups (broad SMARTS) is 3. The number of imidazole rings is 3. The van der Waals surface area contributed by atoms with Gasteiger partial charge in [-0.25, -0.2) is 64.0 Å². The number of nitrogens with zero attached hydrogens (tertiary/aromatic N) is 15. The summed E-state index contributed by atoms with van der Waals surface area (Å²) in [4.78, 5) is 155. The second-order valence-corrected chi connectivity index (χ2v) is 30.7. The second kappa shape index (κ2) is 37.5. The number of piperidine rings is 3. The highest BCUT2D eigenvalue weighted by Crippen LogP contribution is 2.50. The molecule has 0 radical (unpaired) electrons. The van der Waals surface area contributed by atoms with Crippen molar-refractivity contribution in [1.29, 1.82) is 0 Å². The Balaban J connectivity index is 0.000000137. The van der Waals surface area contributed by atoms with Crippen molar-refractivity contribution >= 4 is 105 Å². The molecule has 3 aromatic carbocycles. The quantitative estimate of drug-likeness (QED) is 0.0379. The van der Waals surface area contributed by atoms with Gasteiger partial charge in [-0.15, -0.1) is 0 Å². The number of aromatic nitrogens is 12. The van der Waals surface area contributed by atoms with Crippen molar-refractivity contribution in [2.75, 3.05) is 68.3 Å². The van der Waals surface area contributed by atoms with E-state index in [2.05, 4.69) is 76.8 Å². The van der Waals surface area contributed by atoms with E-state index in [4.69, 9.17) is 42.6 Å². The zero-order valence-electron chi connectivity index (χ0n) is 67.1. The molecule has 18 atom stereocenters. The van der Waals surface area contributed by atoms with Gasteiger partial charge in [-0.05, 0) is 65.7 Å². The second-order valence-electron chi connectivity index (χ2n) is 30.7. The summed E-state index contributed by atoms with van der Waals surface area (Å²) < 4.78 is 62.4. The first-order valence-corrected chi connectivity index (χ1v) is 41.0. The zero-order chi connectivity index (χ0) is 85.5. The lowest BCUT2D eigenvalue weighted by Gasteiger charge is -2.34. The first-order chi connectivity index (χ1) is 59.8. The summed E-state index contributed by atoms with van der Waals surface area (Å²) in [5.41, 5.74) is 4.79. The minimum Gasteiger partial charge on any atom is -0.481 e. The average Bonchev–Trinajstić information content (AvgIpc) is 1.60. The summed E-state index contributed by atoms with van der Waals surface area (Å²) >= 11 is 0. The molecule has 9 aromatic rings. The molecule has 42 heteroatoms. The first kappa shape index (κ1) is 84.2. The molecule has 123 heavy (non-hydrogen) atoms. The van der Waals surface area contributed by atoms with Gasteiger partial charge in [-0.1, -0.05) is 91.0 Å². The monoisotopic (exact) mass is 1700 g/mol. The number of carboxylic acids is 3. The van der Waals surface area contributed by atoms with Gasteiger partial charge < -0.3 is 88.6 Å². The number of carbonyl (C=O) groups excluding carboxylic acids is 6. The molecule has 9 aliphatic rings. The van der Waals surface area contributed by atoms with Gasteiger partial charge in [0, 0.05) is 69.0 Å². The molecule has 9 aliphatic heterocycles. The normalized spacial score (nSPS) is 27.5. The Hall–Kier alpha value is -12.4. The van der Waals surface area contributed by atoms with Crippen molar-refractivity contribution in [1.82, 2.24) is 89.2 Å². The third-order valence-electron chi connectivity index (χ3n) is 22.8. The van der Waals surface area contributed by atoms with Gasteiger partial charge in [0.25, 0.3) is 0 Å². The number of benzene rings is 3. The standard InChI is InChI=1S/3C27H31N7O7/c1-2-28-27(38)32-22-19-23(30-13-29-22)34(14-31-19)24-21-20(40-26(41-21)15-8-4-3-5-9-15)17(39-24)12-18(35)33-11-7-6-10-16(33)25(36)37;2*1-2-28-27(38)32-22-19-23(30-13-29-22)34(14-31-19)24-21-20(40-26(41-21)15-7-4-3-5-8-15)17(39-24)11-18(35)33-10-6-9-16(12-33)25(36)37/h3-5,8-9,13-14,16-17,20-21,24,26H,2,6-7,10-12H2,1H3,(H,36,37)(H2,28,29,30,32,38);2*3-5,7-8,13-14,16-17,20-21,24,26H,2,6,9-12H2,1H3,(H,36,37)(H2,28,29,30,32,38)/t3*16-,17?,20?,21?,24?,26-/m000/s1. The van der Waals surface area contributed by atoms with Crippen LogP contribution in [0, 0.1) is 11.8 Å². The smallest absolute Gasteiger partial charge is 0.326 e. The van der Waals surface area contributed by atoms with Gasteiger partial charge in [0.15, 0.2) is 88.5 Å². The number of rotatable bonds is 21. The highest BCUT2D eigenvalue weighted by Gasteiger charge is 2.58. The number of aliphatic carboxylic acids is 3. The molecule has 42 nitrogen and oxygen atoms in total. The van der Waals surface area contributed by atoms with Crippen LogP contribution in [0.3, 0.4) is 0 Å². The average molecular weight is 1700 g/mol. The fourth-order valence-corrected chi connectivity index (χ4v) is 17.0. The lowest BCUT2D eigenvalue weighted by Crippen LogP contribution is -2.49. The number of ether oxygens (including phenoxy) is 9. The number of carbonyl (C=O) groups is 9. The minimum atomic E-state index is -1.01. The van der Waals surface area contributed by atoms with Gasteiger partial charge >= 0.3 is 36.0 Å². The van der Waals surface area contributed by atoms with Gasteiger partial charge in [-0.2, -0.15) is 0 Å². The topological polar surface area (TPSA) is 510 Å². The molecule has 9 amide bonds. The van der Waals surface area contributed by atoms with Gasteiger partial charge in [0.05, 0.1) is 68.4 Å². The van der Waals surface area contributed by atoms with Crippen molar-refractivity contribution in [2.24, 2.45) is 11.8 Å². The van der Waals surface area contributed by atoms with Crippen LogP contribution < -0.4 is 31.9 Å². The Morgan fingerprint density at radius 2 is 0.707 bits per heavy atom. The Bertz CT molecular complexity index is 5110. The number of likely N-dealkylation sites (tertiary alicyclic amines) is 3. The van der Waals surface area contributed by atoms with E-state index in [0.29, 0.717) is 105 Å². The summed E-state index contributed by atoms with van der Waals surface area (Å²) in [7, 11) is 0. The molecule has 9 saturated heterocycles. The van der Waals surface area contributed by atoms with Crippen molar-refractivity contribution in [3.63, 3.8) is 0 Å². The molecule has 0 aliphatic carbocycles. The number of fused-ring (bicyclic) bond motifs is 6. The lowest BCUT2D eigenvalue weighted by atomic mass is 9.97. The number of urea groups is 3. The van der Waals surface area contributed by atoms with Crippen LogP contribution in [0.2, 0.25) is 0 Å². The van der Waals surface area contributed by atoms with Gasteiger partial charge in [-0.3, -0.25) is 53.6 Å². The zero-order valence-corrected chi connectivity index (χ0v) is 67.1. The first-order valence-electron chi connectivity index (χ1n) is 41.0. The predicted molar refractivity (Wildman–Crippen MR) is 427 cm³/mol. The summed E-state index contributed by atoms with van der Waals surface area (Å²) in [6.45, 7) is 8.49. The van der Waals surface area contributed by atoms with Crippen molar-refractivity contribution in [2.45, 2.75) is 184 Å². The highest BCUT2D eigenvalue weighted by atomic mass is 16.8. The van der Waals surface area contributed by atoms with E-state index >= 15 is 0 Å². The van der Waals surface area contributed by atoms with E-state index in [0.717, 1.165) is 29.5 Å². The number of anilines is 3. The highest BCUT2D eigenvalue weighted by molar-refractivity contribution is 5.98. The maximum absolute atomic E-state index is 13.4. The molecule has 9 N–H and O–H groups in total. The minimum absolute atomic E-state index is 0.000480. The molecule has 18 rings (SSSR count). The third-order valence-corrected chi connectivity index (χ3v) is 22.8. The molecule has 6 aromatic heterocycles. The maximum atomic E-state index is 13.4. The van der Waals surface area contributed by atoms with Crippen LogP contribution in [0.4, 0.5) is 31.8 Å². The van der Waals surface area contributed by atoms with E-state index in [1.165, 1.54) is 42.9 Å². The van der Waals surface area contributed by atoms with Gasteiger partial charge in [0.1, 0.15) is 61.6 Å². The van der Waals surface area contributed by atoms with Crippen LogP contribution in [0.5, 0.6) is 0 Å². The van der Waals surface area contributed by atoms with Crippen LogP contribution in [-0.4, -0.2) is 256 Å². The van der Waals surface area contributed by atoms with E-state index in [9.17, 15) is 58.5 Å². The van der Waals surface area contributed by atoms with E-state index in [1.54, 1.807) is 44.3 Å². The molecule has 0 spiro atoms. The van der Waals surface area contributed by atoms with Gasteiger partial charge in [0.2, 0.25) is 17.7 Å². The maximum Gasteiger partial charge on any atom is 0.326 e. The number of nitrogens with one attached hydrogen (secondary N) is 6. The summed E-state index contributed by atoms with van der Waals surface area (Å²) in [6.07, 6.45) is 2.88. The Morgan fingerprint density at radius 3 is 1.03 bits per heavy atom. The summed E-state index contributed by atoms with van der Waals surface area (Å²) in [5, 5.41) is 44.6.